The normalized spacial score (nSPS) is 17.3. The second kappa shape index (κ2) is 13.9. The summed E-state index contributed by atoms with van der Waals surface area (Å²) in [5.41, 5.74) is 0.884. The van der Waals surface area contributed by atoms with Gasteiger partial charge in [0.25, 0.3) is 0 Å². The number of methoxy groups -OCH3 is 1. The van der Waals surface area contributed by atoms with Gasteiger partial charge >= 0.3 is 12.1 Å². The van der Waals surface area contributed by atoms with Crippen LogP contribution in [0.4, 0.5) is 4.79 Å². The van der Waals surface area contributed by atoms with Gasteiger partial charge in [0.05, 0.1) is 13.2 Å². The van der Waals surface area contributed by atoms with E-state index >= 15 is 0 Å². The van der Waals surface area contributed by atoms with Gasteiger partial charge in [0, 0.05) is 13.0 Å². The standard InChI is InChI=1S/C30H39N3O7/c1-30(2,3)40-29(38)32-23(19-21-14-9-6-10-15-21)27(36)33-17-11-16-24(33)26(35)31-22(25(34)28(37)39-4)18-20-12-7-5-8-13-20/h5-10,12-15,22-25,34H,11,16-19H2,1-4H3,(H,31,35)(H,32,38)/t22?,23-,24-,25?/m0/s1. The molecule has 40 heavy (non-hydrogen) atoms. The number of carbonyl (C=O) groups excluding carboxylic acids is 4. The number of hydrogen-bond acceptors (Lipinski definition) is 7. The van der Waals surface area contributed by atoms with Gasteiger partial charge in [-0.25, -0.2) is 9.59 Å². The maximum Gasteiger partial charge on any atom is 0.408 e. The Labute approximate surface area is 235 Å². The topological polar surface area (TPSA) is 134 Å². The molecule has 3 N–H and O–H groups in total. The molecule has 0 aliphatic carbocycles. The molecule has 1 aliphatic heterocycles. The molecule has 0 radical (unpaired) electrons. The molecule has 3 amide bonds. The van der Waals surface area contributed by atoms with E-state index in [-0.39, 0.29) is 12.8 Å². The largest absolute Gasteiger partial charge is 0.467 e. The number of ether oxygens (including phenoxy) is 2. The van der Waals surface area contributed by atoms with Gasteiger partial charge in [-0.15, -0.1) is 0 Å². The molecular weight excluding hydrogens is 514 g/mol. The molecule has 2 aromatic carbocycles. The zero-order valence-electron chi connectivity index (χ0n) is 23.5. The second-order valence-electron chi connectivity index (χ2n) is 10.9. The maximum atomic E-state index is 13.8. The van der Waals surface area contributed by atoms with E-state index in [9.17, 15) is 24.3 Å². The predicted octanol–water partition coefficient (Wildman–Crippen LogP) is 2.37. The van der Waals surface area contributed by atoms with Gasteiger partial charge in [0.2, 0.25) is 11.8 Å². The molecule has 3 rings (SSSR count). The zero-order valence-corrected chi connectivity index (χ0v) is 23.5. The summed E-state index contributed by atoms with van der Waals surface area (Å²) in [6.07, 6.45) is -0.960. The number of aliphatic hydroxyl groups is 1. The molecule has 10 heteroatoms. The van der Waals surface area contributed by atoms with Crippen molar-refractivity contribution in [2.24, 2.45) is 0 Å². The molecule has 216 valence electrons. The number of hydrogen-bond donors (Lipinski definition) is 3. The Hall–Kier alpha value is -3.92. The lowest BCUT2D eigenvalue weighted by Crippen LogP contribution is -2.57. The third kappa shape index (κ3) is 8.81. The van der Waals surface area contributed by atoms with Crippen LogP contribution in [-0.2, 0) is 36.7 Å². The Kier molecular flexibility index (Phi) is 10.7. The summed E-state index contributed by atoms with van der Waals surface area (Å²) < 4.78 is 10.1. The molecule has 1 heterocycles. The van der Waals surface area contributed by atoms with Crippen molar-refractivity contribution < 1.29 is 33.8 Å². The molecule has 0 aromatic heterocycles. The first-order chi connectivity index (χ1) is 19.0. The van der Waals surface area contributed by atoms with Crippen molar-refractivity contribution in [1.82, 2.24) is 15.5 Å². The first kappa shape index (κ1) is 30.6. The lowest BCUT2D eigenvalue weighted by Gasteiger charge is -2.31. The van der Waals surface area contributed by atoms with Crippen LogP contribution in [-0.4, -0.2) is 77.4 Å². The highest BCUT2D eigenvalue weighted by molar-refractivity contribution is 5.92. The fourth-order valence-corrected chi connectivity index (χ4v) is 4.68. The Morgan fingerprint density at radius 3 is 2.08 bits per heavy atom. The van der Waals surface area contributed by atoms with Crippen molar-refractivity contribution in [2.75, 3.05) is 13.7 Å². The molecule has 0 bridgehead atoms. The highest BCUT2D eigenvalue weighted by atomic mass is 16.6. The van der Waals surface area contributed by atoms with Crippen molar-refractivity contribution in [2.45, 2.75) is 76.3 Å². The van der Waals surface area contributed by atoms with Gasteiger partial charge in [-0.05, 0) is 51.2 Å². The summed E-state index contributed by atoms with van der Waals surface area (Å²) in [6.45, 7) is 5.52. The molecule has 1 fully saturated rings. The SMILES string of the molecule is COC(=O)C(O)C(Cc1ccccc1)NC(=O)[C@@H]1CCCN1C(=O)[C@H](Cc1ccccc1)NC(=O)OC(C)(C)C. The fraction of sp³-hybridized carbons (Fsp3) is 0.467. The summed E-state index contributed by atoms with van der Waals surface area (Å²) in [7, 11) is 1.16. The Balaban J connectivity index is 1.79. The lowest BCUT2D eigenvalue weighted by molar-refractivity contribution is -0.152. The molecule has 0 spiro atoms. The maximum absolute atomic E-state index is 13.8. The summed E-state index contributed by atoms with van der Waals surface area (Å²) in [5.74, 6) is -1.78. The summed E-state index contributed by atoms with van der Waals surface area (Å²) in [5, 5.41) is 16.1. The number of rotatable bonds is 10. The van der Waals surface area contributed by atoms with Crippen LogP contribution in [0.15, 0.2) is 60.7 Å². The monoisotopic (exact) mass is 553 g/mol. The predicted molar refractivity (Wildman–Crippen MR) is 148 cm³/mol. The quantitative estimate of drug-likeness (QED) is 0.385. The van der Waals surface area contributed by atoms with Crippen LogP contribution < -0.4 is 10.6 Å². The number of aliphatic hydroxyl groups excluding tert-OH is 1. The molecule has 2 aromatic rings. The number of nitrogens with zero attached hydrogens (tertiary/aromatic N) is 1. The fourth-order valence-electron chi connectivity index (χ4n) is 4.68. The summed E-state index contributed by atoms with van der Waals surface area (Å²) in [4.78, 5) is 53.5. The van der Waals surface area contributed by atoms with Crippen LogP contribution in [0, 0.1) is 0 Å². The van der Waals surface area contributed by atoms with Crippen molar-refractivity contribution in [3.8, 4) is 0 Å². The molecule has 4 atom stereocenters. The van der Waals surface area contributed by atoms with Crippen molar-refractivity contribution in [3.05, 3.63) is 71.8 Å². The van der Waals surface area contributed by atoms with E-state index in [0.29, 0.717) is 19.4 Å². The average molecular weight is 554 g/mol. The minimum atomic E-state index is -1.60. The van der Waals surface area contributed by atoms with Crippen molar-refractivity contribution in [1.29, 1.82) is 0 Å². The van der Waals surface area contributed by atoms with Gasteiger partial charge < -0.3 is 30.1 Å². The van der Waals surface area contributed by atoms with Crippen LogP contribution in [0.5, 0.6) is 0 Å². The average Bonchev–Trinajstić information content (AvgIpc) is 3.41. The molecule has 10 nitrogen and oxygen atoms in total. The lowest BCUT2D eigenvalue weighted by atomic mass is 10.00. The van der Waals surface area contributed by atoms with Crippen LogP contribution in [0.1, 0.15) is 44.7 Å². The number of alkyl carbamates (subject to hydrolysis) is 1. The number of amides is 3. The van der Waals surface area contributed by atoms with Gasteiger partial charge in [-0.1, -0.05) is 60.7 Å². The van der Waals surface area contributed by atoms with E-state index < -0.39 is 53.7 Å². The zero-order chi connectivity index (χ0) is 29.3. The molecule has 1 aliphatic rings. The number of nitrogens with one attached hydrogen (secondary N) is 2. The van der Waals surface area contributed by atoms with Gasteiger partial charge in [0.1, 0.15) is 17.7 Å². The van der Waals surface area contributed by atoms with E-state index in [1.807, 2.05) is 60.7 Å². The second-order valence-corrected chi connectivity index (χ2v) is 10.9. The highest BCUT2D eigenvalue weighted by Gasteiger charge is 2.40. The van der Waals surface area contributed by atoms with E-state index in [4.69, 9.17) is 9.47 Å². The van der Waals surface area contributed by atoms with Crippen LogP contribution in [0.2, 0.25) is 0 Å². The summed E-state index contributed by atoms with van der Waals surface area (Å²) in [6, 6.07) is 15.6. The highest BCUT2D eigenvalue weighted by Crippen LogP contribution is 2.21. The Morgan fingerprint density at radius 2 is 1.52 bits per heavy atom. The smallest absolute Gasteiger partial charge is 0.408 e. The minimum Gasteiger partial charge on any atom is -0.467 e. The number of benzene rings is 2. The molecule has 0 saturated carbocycles. The Bertz CT molecular complexity index is 1150. The first-order valence-corrected chi connectivity index (χ1v) is 13.4. The minimum absolute atomic E-state index is 0.181. The van der Waals surface area contributed by atoms with Gasteiger partial charge in [-0.3, -0.25) is 9.59 Å². The molecule has 1 saturated heterocycles. The van der Waals surface area contributed by atoms with Crippen LogP contribution in [0.3, 0.4) is 0 Å². The number of esters is 1. The summed E-state index contributed by atoms with van der Waals surface area (Å²) >= 11 is 0. The number of likely N-dealkylation sites (tertiary alicyclic amines) is 1. The van der Waals surface area contributed by atoms with E-state index in [1.165, 1.54) is 4.90 Å². The third-order valence-electron chi connectivity index (χ3n) is 6.56. The van der Waals surface area contributed by atoms with Crippen molar-refractivity contribution in [3.63, 3.8) is 0 Å². The third-order valence-corrected chi connectivity index (χ3v) is 6.56. The Morgan fingerprint density at radius 1 is 0.950 bits per heavy atom. The van der Waals surface area contributed by atoms with E-state index in [1.54, 1.807) is 20.8 Å². The van der Waals surface area contributed by atoms with Crippen LogP contribution >= 0.6 is 0 Å². The van der Waals surface area contributed by atoms with Gasteiger partial charge in [-0.2, -0.15) is 0 Å². The van der Waals surface area contributed by atoms with Crippen molar-refractivity contribution >= 4 is 23.9 Å². The first-order valence-electron chi connectivity index (χ1n) is 13.4. The molecule has 2 unspecified atom stereocenters. The molecular formula is C30H39N3O7. The van der Waals surface area contributed by atoms with Gasteiger partial charge in [0.15, 0.2) is 6.10 Å². The number of carbonyl (C=O) groups is 4. The van der Waals surface area contributed by atoms with E-state index in [2.05, 4.69) is 10.6 Å². The van der Waals surface area contributed by atoms with Crippen LogP contribution in [0.25, 0.3) is 0 Å². The van der Waals surface area contributed by atoms with E-state index in [0.717, 1.165) is 18.2 Å².